The average Bonchev–Trinajstić information content (AvgIpc) is 3.01. The number of hydrogen-bond donors (Lipinski definition) is 0. The summed E-state index contributed by atoms with van der Waals surface area (Å²) < 4.78 is 22.3. The normalized spacial score (nSPS) is 18.8. The van der Waals surface area contributed by atoms with Crippen molar-refractivity contribution < 1.29 is 18.6 Å². The highest BCUT2D eigenvalue weighted by molar-refractivity contribution is 5.42. The smallest absolute Gasteiger partial charge is 0.183 e. The standard InChI is InChI=1S/C17H22N2O4/c1-12-4-5-14(23-12)16-11-19(8-9-22-16)10-13-17(21-3)15(20-2)6-7-18-13/h4-7,16H,8-11H2,1-3H3/t16-/m1/s1. The van der Waals surface area contributed by atoms with Crippen LogP contribution in [0.4, 0.5) is 0 Å². The van der Waals surface area contributed by atoms with Crippen LogP contribution < -0.4 is 9.47 Å². The van der Waals surface area contributed by atoms with E-state index in [1.807, 2.05) is 19.1 Å². The first-order chi connectivity index (χ1) is 11.2. The van der Waals surface area contributed by atoms with Crippen LogP contribution in [0.2, 0.25) is 0 Å². The molecule has 6 heteroatoms. The number of ether oxygens (including phenoxy) is 3. The van der Waals surface area contributed by atoms with Gasteiger partial charge in [-0.05, 0) is 19.1 Å². The van der Waals surface area contributed by atoms with Gasteiger partial charge in [0.2, 0.25) is 0 Å². The van der Waals surface area contributed by atoms with Crippen LogP contribution in [-0.2, 0) is 11.3 Å². The highest BCUT2D eigenvalue weighted by Gasteiger charge is 2.25. The molecule has 0 aromatic carbocycles. The van der Waals surface area contributed by atoms with Crippen molar-refractivity contribution in [3.8, 4) is 11.5 Å². The van der Waals surface area contributed by atoms with Crippen molar-refractivity contribution in [3.05, 3.63) is 41.6 Å². The predicted molar refractivity (Wildman–Crippen MR) is 84.8 cm³/mol. The molecule has 0 N–H and O–H groups in total. The van der Waals surface area contributed by atoms with Crippen molar-refractivity contribution in [2.75, 3.05) is 33.9 Å². The van der Waals surface area contributed by atoms with Crippen LogP contribution in [-0.4, -0.2) is 43.8 Å². The largest absolute Gasteiger partial charge is 0.493 e. The van der Waals surface area contributed by atoms with Gasteiger partial charge in [-0.2, -0.15) is 0 Å². The molecular weight excluding hydrogens is 296 g/mol. The Morgan fingerprint density at radius 2 is 2.13 bits per heavy atom. The number of hydrogen-bond acceptors (Lipinski definition) is 6. The number of nitrogens with zero attached hydrogens (tertiary/aromatic N) is 2. The molecule has 0 unspecified atom stereocenters. The minimum atomic E-state index is -0.0472. The fourth-order valence-corrected chi connectivity index (χ4v) is 2.82. The lowest BCUT2D eigenvalue weighted by Crippen LogP contribution is -2.38. The second kappa shape index (κ2) is 7.02. The summed E-state index contributed by atoms with van der Waals surface area (Å²) >= 11 is 0. The molecule has 0 radical (unpaired) electrons. The van der Waals surface area contributed by atoms with Gasteiger partial charge in [0.1, 0.15) is 23.3 Å². The van der Waals surface area contributed by atoms with E-state index in [1.165, 1.54) is 0 Å². The number of furan rings is 1. The van der Waals surface area contributed by atoms with E-state index in [9.17, 15) is 0 Å². The lowest BCUT2D eigenvalue weighted by atomic mass is 10.2. The molecular formula is C17H22N2O4. The SMILES string of the molecule is COc1ccnc(CN2CCO[C@@H](c3ccc(C)o3)C2)c1OC. The molecule has 0 spiro atoms. The van der Waals surface area contributed by atoms with Crippen molar-refractivity contribution in [2.24, 2.45) is 0 Å². The minimum absolute atomic E-state index is 0.0472. The number of pyridine rings is 1. The van der Waals surface area contributed by atoms with E-state index in [2.05, 4.69) is 9.88 Å². The molecule has 1 atom stereocenters. The number of morpholine rings is 1. The molecule has 1 fully saturated rings. The molecule has 1 aliphatic heterocycles. The maximum atomic E-state index is 5.83. The van der Waals surface area contributed by atoms with Gasteiger partial charge < -0.3 is 18.6 Å². The van der Waals surface area contributed by atoms with Gasteiger partial charge in [0.25, 0.3) is 0 Å². The lowest BCUT2D eigenvalue weighted by Gasteiger charge is -2.32. The maximum Gasteiger partial charge on any atom is 0.183 e. The molecule has 3 rings (SSSR count). The lowest BCUT2D eigenvalue weighted by molar-refractivity contribution is -0.0435. The minimum Gasteiger partial charge on any atom is -0.493 e. The van der Waals surface area contributed by atoms with Gasteiger partial charge >= 0.3 is 0 Å². The van der Waals surface area contributed by atoms with Crippen LogP contribution in [0.15, 0.2) is 28.8 Å². The van der Waals surface area contributed by atoms with E-state index in [0.717, 1.165) is 30.3 Å². The first-order valence-electron chi connectivity index (χ1n) is 7.67. The zero-order valence-corrected chi connectivity index (χ0v) is 13.7. The highest BCUT2D eigenvalue weighted by Crippen LogP contribution is 2.31. The van der Waals surface area contributed by atoms with Crippen molar-refractivity contribution in [1.82, 2.24) is 9.88 Å². The Hall–Kier alpha value is -2.05. The Labute approximate surface area is 136 Å². The van der Waals surface area contributed by atoms with Gasteiger partial charge in [0, 0.05) is 31.9 Å². The van der Waals surface area contributed by atoms with Gasteiger partial charge in [0.15, 0.2) is 11.5 Å². The van der Waals surface area contributed by atoms with E-state index in [4.69, 9.17) is 18.6 Å². The first-order valence-corrected chi connectivity index (χ1v) is 7.67. The second-order valence-corrected chi connectivity index (χ2v) is 5.54. The Morgan fingerprint density at radius 3 is 2.83 bits per heavy atom. The molecule has 0 saturated carbocycles. The number of aromatic nitrogens is 1. The van der Waals surface area contributed by atoms with E-state index < -0.39 is 0 Å². The second-order valence-electron chi connectivity index (χ2n) is 5.54. The Bertz CT molecular complexity index is 656. The summed E-state index contributed by atoms with van der Waals surface area (Å²) in [5.74, 6) is 3.16. The fraction of sp³-hybridized carbons (Fsp3) is 0.471. The molecule has 0 bridgehead atoms. The molecule has 6 nitrogen and oxygen atoms in total. The number of methoxy groups -OCH3 is 2. The van der Waals surface area contributed by atoms with Crippen molar-refractivity contribution in [1.29, 1.82) is 0 Å². The van der Waals surface area contributed by atoms with Gasteiger partial charge in [0.05, 0.1) is 20.8 Å². The van der Waals surface area contributed by atoms with E-state index in [1.54, 1.807) is 26.5 Å². The van der Waals surface area contributed by atoms with Gasteiger partial charge in [-0.3, -0.25) is 9.88 Å². The predicted octanol–water partition coefficient (Wildman–Crippen LogP) is 2.57. The summed E-state index contributed by atoms with van der Waals surface area (Å²) in [7, 11) is 3.27. The fourth-order valence-electron chi connectivity index (χ4n) is 2.82. The van der Waals surface area contributed by atoms with Crippen LogP contribution in [0.5, 0.6) is 11.5 Å². The molecule has 0 amide bonds. The van der Waals surface area contributed by atoms with Gasteiger partial charge in [-0.25, -0.2) is 0 Å². The van der Waals surface area contributed by atoms with Crippen LogP contribution >= 0.6 is 0 Å². The molecule has 0 aliphatic carbocycles. The summed E-state index contributed by atoms with van der Waals surface area (Å²) in [6, 6.07) is 5.74. The molecule has 1 saturated heterocycles. The third-order valence-corrected chi connectivity index (χ3v) is 3.97. The van der Waals surface area contributed by atoms with Crippen molar-refractivity contribution in [2.45, 2.75) is 19.6 Å². The third kappa shape index (κ3) is 3.48. The maximum absolute atomic E-state index is 5.83. The monoisotopic (exact) mass is 318 g/mol. The highest BCUT2D eigenvalue weighted by atomic mass is 16.5. The third-order valence-electron chi connectivity index (χ3n) is 3.97. The molecule has 2 aromatic heterocycles. The summed E-state index contributed by atoms with van der Waals surface area (Å²) in [5.41, 5.74) is 0.864. The molecule has 2 aromatic rings. The summed E-state index contributed by atoms with van der Waals surface area (Å²) in [4.78, 5) is 6.73. The first kappa shape index (κ1) is 15.8. The molecule has 124 valence electrons. The zero-order valence-electron chi connectivity index (χ0n) is 13.7. The van der Waals surface area contributed by atoms with Crippen LogP contribution in [0.3, 0.4) is 0 Å². The molecule has 3 heterocycles. The van der Waals surface area contributed by atoms with Crippen LogP contribution in [0.25, 0.3) is 0 Å². The van der Waals surface area contributed by atoms with E-state index in [0.29, 0.717) is 24.7 Å². The number of rotatable bonds is 5. The molecule has 23 heavy (non-hydrogen) atoms. The topological polar surface area (TPSA) is 57.0 Å². The zero-order chi connectivity index (χ0) is 16.2. The van der Waals surface area contributed by atoms with E-state index >= 15 is 0 Å². The summed E-state index contributed by atoms with van der Waals surface area (Å²) in [6.45, 7) is 4.89. The van der Waals surface area contributed by atoms with Crippen LogP contribution in [0, 0.1) is 6.92 Å². The Morgan fingerprint density at radius 1 is 1.26 bits per heavy atom. The quantitative estimate of drug-likeness (QED) is 0.844. The number of aryl methyl sites for hydroxylation is 1. The van der Waals surface area contributed by atoms with Crippen molar-refractivity contribution >= 4 is 0 Å². The Balaban J connectivity index is 1.73. The van der Waals surface area contributed by atoms with Crippen molar-refractivity contribution in [3.63, 3.8) is 0 Å². The summed E-state index contributed by atoms with van der Waals surface area (Å²) in [5, 5.41) is 0. The van der Waals surface area contributed by atoms with E-state index in [-0.39, 0.29) is 6.10 Å². The molecule has 1 aliphatic rings. The van der Waals surface area contributed by atoms with Crippen LogP contribution in [0.1, 0.15) is 23.3 Å². The summed E-state index contributed by atoms with van der Waals surface area (Å²) in [6.07, 6.45) is 1.69. The average molecular weight is 318 g/mol. The van der Waals surface area contributed by atoms with Gasteiger partial charge in [-0.1, -0.05) is 0 Å². The Kier molecular flexibility index (Phi) is 4.83. The van der Waals surface area contributed by atoms with Gasteiger partial charge in [-0.15, -0.1) is 0 Å².